The average molecular weight is 624 g/mol. The van der Waals surface area contributed by atoms with Gasteiger partial charge in [0.05, 0.1) is 40.2 Å². The van der Waals surface area contributed by atoms with Crippen LogP contribution in [0.25, 0.3) is 5.70 Å². The van der Waals surface area contributed by atoms with Crippen LogP contribution in [0.4, 0.5) is 15.5 Å². The van der Waals surface area contributed by atoms with E-state index in [0.717, 1.165) is 42.0 Å². The molecule has 0 aliphatic carbocycles. The molecule has 1 N–H and O–H groups in total. The van der Waals surface area contributed by atoms with Crippen molar-refractivity contribution >= 4 is 68.4 Å². The summed E-state index contributed by atoms with van der Waals surface area (Å²) in [4.78, 5) is 51.0. The number of anilines is 2. The minimum Gasteiger partial charge on any atom is -0.465 e. The van der Waals surface area contributed by atoms with Crippen LogP contribution in [0.3, 0.4) is 0 Å². The summed E-state index contributed by atoms with van der Waals surface area (Å²) in [6, 6.07) is 17.2. The number of carbonyl (C=O) groups excluding carboxylic acids is 2. The number of methoxy groups -OCH3 is 1. The number of hydrogen-bond donors (Lipinski definition) is 1. The molecule has 15 heteroatoms. The molecule has 0 saturated heterocycles. The van der Waals surface area contributed by atoms with E-state index in [1.807, 2.05) is 12.1 Å². The quantitative estimate of drug-likeness (QED) is 0.144. The zero-order valence-corrected chi connectivity index (χ0v) is 24.7. The first-order chi connectivity index (χ1) is 20.2. The average Bonchev–Trinajstić information content (AvgIpc) is 3.43. The highest BCUT2D eigenvalue weighted by molar-refractivity contribution is 8.18. The Bertz CT molecular complexity index is 1710. The largest absolute Gasteiger partial charge is 0.465 e. The number of ether oxygens (including phenoxy) is 2. The molecule has 0 atom stereocenters. The first-order valence-corrected chi connectivity index (χ1v) is 14.9. The number of amides is 1. The molecule has 4 rings (SSSR count). The molecule has 0 spiro atoms. The summed E-state index contributed by atoms with van der Waals surface area (Å²) in [6.45, 7) is 1.62. The number of hydrazone groups is 1. The van der Waals surface area contributed by atoms with E-state index in [1.54, 1.807) is 61.7 Å². The van der Waals surface area contributed by atoms with Gasteiger partial charge in [0.15, 0.2) is 5.03 Å². The van der Waals surface area contributed by atoms with Crippen molar-refractivity contribution < 1.29 is 24.0 Å². The van der Waals surface area contributed by atoms with Gasteiger partial charge in [-0.1, -0.05) is 30.3 Å². The van der Waals surface area contributed by atoms with Crippen molar-refractivity contribution in [3.05, 3.63) is 102 Å². The van der Waals surface area contributed by atoms with Gasteiger partial charge in [-0.2, -0.15) is 10.4 Å². The van der Waals surface area contributed by atoms with E-state index in [-0.39, 0.29) is 26.4 Å². The van der Waals surface area contributed by atoms with Gasteiger partial charge in [-0.15, -0.1) is 23.1 Å². The summed E-state index contributed by atoms with van der Waals surface area (Å²) >= 11 is 2.81. The van der Waals surface area contributed by atoms with Crippen LogP contribution in [0.5, 0.6) is 0 Å². The predicted molar refractivity (Wildman–Crippen MR) is 162 cm³/mol. The summed E-state index contributed by atoms with van der Waals surface area (Å²) in [7, 11) is 1.05. The summed E-state index contributed by atoms with van der Waals surface area (Å²) < 4.78 is 9.85. The molecule has 1 aromatic heterocycles. The smallest absolute Gasteiger partial charge is 0.412 e. The minimum atomic E-state index is -1.09. The highest BCUT2D eigenvalue weighted by Gasteiger charge is 2.39. The molecule has 3 aromatic rings. The maximum atomic E-state index is 14.0. The third-order valence-electron chi connectivity index (χ3n) is 5.61. The highest BCUT2D eigenvalue weighted by Crippen LogP contribution is 2.44. The molecule has 12 nitrogen and oxygen atoms in total. The van der Waals surface area contributed by atoms with Crippen molar-refractivity contribution in [2.24, 2.45) is 5.10 Å². The molecule has 1 aliphatic rings. The first-order valence-electron chi connectivity index (χ1n) is 12.0. The van der Waals surface area contributed by atoms with Crippen LogP contribution >= 0.6 is 34.9 Å². The maximum absolute atomic E-state index is 14.0. The number of benzene rings is 2. The van der Waals surface area contributed by atoms with E-state index < -0.39 is 33.7 Å². The second kappa shape index (κ2) is 13.3. The third-order valence-corrected chi connectivity index (χ3v) is 8.90. The summed E-state index contributed by atoms with van der Waals surface area (Å²) in [5.41, 5.74) is -1.10. The van der Waals surface area contributed by atoms with E-state index in [2.05, 4.69) is 10.4 Å². The van der Waals surface area contributed by atoms with E-state index in [9.17, 15) is 29.8 Å². The molecule has 0 bridgehead atoms. The Balaban J connectivity index is 2.02. The molecular weight excluding hydrogens is 603 g/mol. The van der Waals surface area contributed by atoms with Gasteiger partial charge in [-0.25, -0.2) is 14.6 Å². The van der Waals surface area contributed by atoms with Crippen LogP contribution in [-0.4, -0.2) is 42.0 Å². The van der Waals surface area contributed by atoms with Gasteiger partial charge in [0.25, 0.3) is 0 Å². The molecule has 0 radical (unpaired) electrons. The second-order valence-corrected chi connectivity index (χ2v) is 11.2. The number of carbonyl (C=O) groups is 2. The fourth-order valence-electron chi connectivity index (χ4n) is 3.76. The summed E-state index contributed by atoms with van der Waals surface area (Å²) in [5.74, 6) is -1.09. The Kier molecular flexibility index (Phi) is 9.63. The van der Waals surface area contributed by atoms with E-state index in [1.165, 1.54) is 5.01 Å². The van der Waals surface area contributed by atoms with Crippen molar-refractivity contribution in [2.45, 2.75) is 11.1 Å². The maximum Gasteiger partial charge on any atom is 0.412 e. The van der Waals surface area contributed by atoms with Crippen molar-refractivity contribution in [2.75, 3.05) is 30.3 Å². The molecule has 0 fully saturated rings. The molecule has 1 amide bonds. The van der Waals surface area contributed by atoms with Crippen molar-refractivity contribution in [3.63, 3.8) is 0 Å². The molecule has 2 aromatic carbocycles. The van der Waals surface area contributed by atoms with Crippen molar-refractivity contribution in [1.82, 2.24) is 0 Å². The first kappa shape index (κ1) is 30.3. The predicted octanol–water partition coefficient (Wildman–Crippen LogP) is 5.57. The standard InChI is InChI=1S/C27H21N5O7S3/c1-4-39-27(35)29-23-19(25(34)38-2)21(33)18(26(40-3)42-23)20(32(36)37)24-31(17-12-10-15(14-28)11-13-17)30-22(41-24)16-8-6-5-7-9-16/h5-13H,4H2,1-3H3,(H,29,35)/b24-20-. The Labute approximate surface area is 251 Å². The Morgan fingerprint density at radius 1 is 1.17 bits per heavy atom. The number of hydrogen-bond acceptors (Lipinski definition) is 13. The zero-order valence-electron chi connectivity index (χ0n) is 22.3. The molecule has 2 heterocycles. The number of nitriles is 1. The molecule has 1 aliphatic heterocycles. The van der Waals surface area contributed by atoms with Crippen LogP contribution in [0, 0.1) is 21.4 Å². The third kappa shape index (κ3) is 6.15. The second-order valence-electron chi connectivity index (χ2n) is 8.09. The Morgan fingerprint density at radius 2 is 1.86 bits per heavy atom. The van der Waals surface area contributed by atoms with E-state index >= 15 is 0 Å². The molecule has 214 valence electrons. The van der Waals surface area contributed by atoms with Crippen LogP contribution < -0.4 is 15.8 Å². The van der Waals surface area contributed by atoms with Gasteiger partial charge < -0.3 is 9.47 Å². The highest BCUT2D eigenvalue weighted by atomic mass is 32.2. The number of esters is 1. The lowest BCUT2D eigenvalue weighted by Gasteiger charge is -2.17. The van der Waals surface area contributed by atoms with E-state index in [0.29, 0.717) is 21.9 Å². The summed E-state index contributed by atoms with van der Waals surface area (Å²) in [6.07, 6.45) is 0.694. The Hall–Kier alpha value is -4.65. The number of nitrogens with one attached hydrogen (secondary N) is 1. The van der Waals surface area contributed by atoms with Gasteiger partial charge >= 0.3 is 17.8 Å². The normalized spacial score (nSPS) is 13.6. The lowest BCUT2D eigenvalue weighted by molar-refractivity contribution is -0.376. The molecule has 42 heavy (non-hydrogen) atoms. The van der Waals surface area contributed by atoms with Crippen molar-refractivity contribution in [3.8, 4) is 6.07 Å². The lowest BCUT2D eigenvalue weighted by atomic mass is 10.1. The number of nitro groups is 1. The van der Waals surface area contributed by atoms with Gasteiger partial charge in [0.1, 0.15) is 21.2 Å². The molecule has 0 unspecified atom stereocenters. The minimum absolute atomic E-state index is 0.00919. The van der Waals surface area contributed by atoms with Crippen LogP contribution in [0.1, 0.15) is 34.0 Å². The number of nitrogens with zero attached hydrogens (tertiary/aromatic N) is 4. The zero-order chi connectivity index (χ0) is 30.4. The van der Waals surface area contributed by atoms with Crippen molar-refractivity contribution in [1.29, 1.82) is 5.26 Å². The topological polar surface area (TPSA) is 164 Å². The van der Waals surface area contributed by atoms with Crippen LogP contribution in [-0.2, 0) is 9.47 Å². The molecular formula is C27H21N5O7S3. The SMILES string of the molecule is CCOC(=O)Nc1sc(SC)c(/C(=C2/SC(c3ccccc3)=NN2c2ccc(C#N)cc2)[N+](=O)[O-])c(=O)c1C(=O)OC. The van der Waals surface area contributed by atoms with Gasteiger partial charge in [-0.3, -0.25) is 20.2 Å². The van der Waals surface area contributed by atoms with Gasteiger partial charge in [0, 0.05) is 5.56 Å². The van der Waals surface area contributed by atoms with Crippen LogP contribution in [0.15, 0.2) is 73.7 Å². The van der Waals surface area contributed by atoms with E-state index in [4.69, 9.17) is 9.47 Å². The molecule has 0 saturated carbocycles. The monoisotopic (exact) mass is 623 g/mol. The number of rotatable bonds is 8. The van der Waals surface area contributed by atoms with Gasteiger partial charge in [-0.05, 0) is 49.2 Å². The summed E-state index contributed by atoms with van der Waals surface area (Å²) in [5, 5.41) is 30.6. The lowest BCUT2D eigenvalue weighted by Crippen LogP contribution is -2.26. The number of thioether (sulfide) groups is 2. The Morgan fingerprint density at radius 3 is 2.43 bits per heavy atom. The van der Waals surface area contributed by atoms with Crippen LogP contribution in [0.2, 0.25) is 0 Å². The van der Waals surface area contributed by atoms with Gasteiger partial charge in [0.2, 0.25) is 5.43 Å². The fraction of sp³-hybridized carbons (Fsp3) is 0.148. The fourth-order valence-corrected chi connectivity index (χ4v) is 6.70.